The van der Waals surface area contributed by atoms with Crippen LogP contribution >= 0.6 is 11.3 Å². The first-order valence-electron chi connectivity index (χ1n) is 8.87. The SMILES string of the molecule is CCOC(=O)c1c(NC(=O)c2ccccc2OCC)sc(C(=O)N(C)C)c1C. The summed E-state index contributed by atoms with van der Waals surface area (Å²) in [7, 11) is 3.25. The average molecular weight is 404 g/mol. The molecule has 7 nitrogen and oxygen atoms in total. The van der Waals surface area contributed by atoms with Gasteiger partial charge in [-0.2, -0.15) is 0 Å². The van der Waals surface area contributed by atoms with Gasteiger partial charge in [-0.05, 0) is 38.5 Å². The van der Waals surface area contributed by atoms with Crippen molar-refractivity contribution in [2.75, 3.05) is 32.6 Å². The molecule has 0 saturated carbocycles. The number of amides is 2. The van der Waals surface area contributed by atoms with E-state index in [1.165, 1.54) is 4.90 Å². The fourth-order valence-corrected chi connectivity index (χ4v) is 3.78. The summed E-state index contributed by atoms with van der Waals surface area (Å²) in [4.78, 5) is 39.6. The molecule has 0 atom stereocenters. The van der Waals surface area contributed by atoms with Crippen LogP contribution in [-0.4, -0.2) is 50.0 Å². The Kier molecular flexibility index (Phi) is 7.17. The van der Waals surface area contributed by atoms with Gasteiger partial charge < -0.3 is 19.7 Å². The van der Waals surface area contributed by atoms with Crippen molar-refractivity contribution in [1.82, 2.24) is 4.90 Å². The molecule has 0 fully saturated rings. The second kappa shape index (κ2) is 9.36. The number of para-hydroxylation sites is 1. The van der Waals surface area contributed by atoms with E-state index in [2.05, 4.69) is 5.32 Å². The van der Waals surface area contributed by atoms with E-state index in [0.29, 0.717) is 28.4 Å². The summed E-state index contributed by atoms with van der Waals surface area (Å²) in [6, 6.07) is 6.83. The van der Waals surface area contributed by atoms with Crippen molar-refractivity contribution in [3.63, 3.8) is 0 Å². The van der Waals surface area contributed by atoms with Crippen molar-refractivity contribution < 1.29 is 23.9 Å². The van der Waals surface area contributed by atoms with Crippen LogP contribution in [0.15, 0.2) is 24.3 Å². The minimum atomic E-state index is -0.581. The maximum atomic E-state index is 12.8. The highest BCUT2D eigenvalue weighted by Gasteiger charge is 2.28. The summed E-state index contributed by atoms with van der Waals surface area (Å²) in [6.45, 7) is 5.80. The van der Waals surface area contributed by atoms with Crippen LogP contribution < -0.4 is 10.1 Å². The van der Waals surface area contributed by atoms with Crippen molar-refractivity contribution in [2.45, 2.75) is 20.8 Å². The normalized spacial score (nSPS) is 10.3. The zero-order valence-corrected chi connectivity index (χ0v) is 17.4. The number of hydrogen-bond donors (Lipinski definition) is 1. The Hall–Kier alpha value is -2.87. The van der Waals surface area contributed by atoms with E-state index in [1.807, 2.05) is 6.92 Å². The van der Waals surface area contributed by atoms with E-state index in [-0.39, 0.29) is 23.1 Å². The molecular weight excluding hydrogens is 380 g/mol. The van der Waals surface area contributed by atoms with E-state index in [4.69, 9.17) is 9.47 Å². The number of esters is 1. The summed E-state index contributed by atoms with van der Waals surface area (Å²) < 4.78 is 10.6. The van der Waals surface area contributed by atoms with Gasteiger partial charge in [-0.25, -0.2) is 4.79 Å². The maximum absolute atomic E-state index is 12.8. The van der Waals surface area contributed by atoms with Crippen LogP contribution in [0, 0.1) is 6.92 Å². The zero-order chi connectivity index (χ0) is 20.8. The number of thiophene rings is 1. The second-order valence-corrected chi connectivity index (χ2v) is 7.08. The molecule has 1 N–H and O–H groups in total. The van der Waals surface area contributed by atoms with Crippen LogP contribution in [0.25, 0.3) is 0 Å². The number of carbonyl (C=O) groups excluding carboxylic acids is 3. The Morgan fingerprint density at radius 1 is 1.11 bits per heavy atom. The Bertz CT molecular complexity index is 889. The molecule has 2 rings (SSSR count). The first-order valence-corrected chi connectivity index (χ1v) is 9.68. The Balaban J connectivity index is 2.46. The van der Waals surface area contributed by atoms with E-state index >= 15 is 0 Å². The van der Waals surface area contributed by atoms with Gasteiger partial charge in [0.15, 0.2) is 0 Å². The first-order chi connectivity index (χ1) is 13.3. The summed E-state index contributed by atoms with van der Waals surface area (Å²) in [5.74, 6) is -0.816. The fraction of sp³-hybridized carbons (Fsp3) is 0.350. The molecular formula is C20H24N2O5S. The molecule has 0 aliphatic heterocycles. The van der Waals surface area contributed by atoms with Gasteiger partial charge in [0, 0.05) is 14.1 Å². The third kappa shape index (κ3) is 4.51. The Morgan fingerprint density at radius 2 is 1.79 bits per heavy atom. The fourth-order valence-electron chi connectivity index (χ4n) is 2.56. The van der Waals surface area contributed by atoms with Crippen LogP contribution in [0.2, 0.25) is 0 Å². The summed E-state index contributed by atoms with van der Waals surface area (Å²) in [5.41, 5.74) is 1.01. The predicted octanol–water partition coefficient (Wildman–Crippen LogP) is 3.59. The second-order valence-electron chi connectivity index (χ2n) is 6.06. The van der Waals surface area contributed by atoms with Gasteiger partial charge in [-0.15, -0.1) is 11.3 Å². The predicted molar refractivity (Wildman–Crippen MR) is 109 cm³/mol. The van der Waals surface area contributed by atoms with Crippen LogP contribution in [0.1, 0.15) is 49.8 Å². The molecule has 0 aliphatic carbocycles. The van der Waals surface area contributed by atoms with Crippen molar-refractivity contribution >= 4 is 34.1 Å². The maximum Gasteiger partial charge on any atom is 0.341 e. The molecule has 0 unspecified atom stereocenters. The molecule has 1 heterocycles. The molecule has 0 saturated heterocycles. The topological polar surface area (TPSA) is 84.9 Å². The van der Waals surface area contributed by atoms with Crippen LogP contribution in [0.4, 0.5) is 5.00 Å². The van der Waals surface area contributed by atoms with Crippen molar-refractivity contribution in [1.29, 1.82) is 0 Å². The highest BCUT2D eigenvalue weighted by atomic mass is 32.1. The third-order valence-corrected chi connectivity index (χ3v) is 5.08. The summed E-state index contributed by atoms with van der Waals surface area (Å²) >= 11 is 1.05. The van der Waals surface area contributed by atoms with E-state index in [0.717, 1.165) is 11.3 Å². The monoisotopic (exact) mass is 404 g/mol. The van der Waals surface area contributed by atoms with Crippen molar-refractivity contribution in [2.24, 2.45) is 0 Å². The molecule has 28 heavy (non-hydrogen) atoms. The lowest BCUT2D eigenvalue weighted by Crippen LogP contribution is -2.21. The van der Waals surface area contributed by atoms with Gasteiger partial charge in [0.05, 0.1) is 29.2 Å². The number of nitrogens with zero attached hydrogens (tertiary/aromatic N) is 1. The third-order valence-electron chi connectivity index (χ3n) is 3.89. The average Bonchev–Trinajstić information content (AvgIpc) is 2.97. The number of hydrogen-bond acceptors (Lipinski definition) is 6. The highest BCUT2D eigenvalue weighted by Crippen LogP contribution is 2.35. The van der Waals surface area contributed by atoms with Gasteiger partial charge in [0.1, 0.15) is 10.8 Å². The Labute approximate surface area is 168 Å². The van der Waals surface area contributed by atoms with Crippen molar-refractivity contribution in [3.8, 4) is 5.75 Å². The molecule has 150 valence electrons. The van der Waals surface area contributed by atoms with Gasteiger partial charge in [-0.1, -0.05) is 12.1 Å². The van der Waals surface area contributed by atoms with Crippen molar-refractivity contribution in [3.05, 3.63) is 45.8 Å². The van der Waals surface area contributed by atoms with E-state index in [9.17, 15) is 14.4 Å². The molecule has 1 aromatic carbocycles. The number of nitrogens with one attached hydrogen (secondary N) is 1. The van der Waals surface area contributed by atoms with Crippen LogP contribution in [0.3, 0.4) is 0 Å². The molecule has 0 radical (unpaired) electrons. The lowest BCUT2D eigenvalue weighted by Gasteiger charge is -2.10. The van der Waals surface area contributed by atoms with Gasteiger partial charge >= 0.3 is 5.97 Å². The minimum absolute atomic E-state index is 0.186. The van der Waals surface area contributed by atoms with Gasteiger partial charge in [-0.3, -0.25) is 9.59 Å². The smallest absolute Gasteiger partial charge is 0.341 e. The molecule has 2 amide bonds. The van der Waals surface area contributed by atoms with E-state index in [1.54, 1.807) is 52.2 Å². The van der Waals surface area contributed by atoms with Gasteiger partial charge in [0.2, 0.25) is 0 Å². The summed E-state index contributed by atoms with van der Waals surface area (Å²) in [5, 5.41) is 3.02. The highest BCUT2D eigenvalue weighted by molar-refractivity contribution is 7.18. The number of anilines is 1. The number of ether oxygens (including phenoxy) is 2. The standard InChI is InChI=1S/C20H24N2O5S/c1-6-26-14-11-9-8-10-13(14)17(23)21-18-15(20(25)27-7-2)12(3)16(28-18)19(24)22(4)5/h8-11H,6-7H2,1-5H3,(H,21,23). The number of carbonyl (C=O) groups is 3. The largest absolute Gasteiger partial charge is 0.493 e. The first kappa shape index (κ1) is 21.4. The molecule has 0 spiro atoms. The molecule has 8 heteroatoms. The minimum Gasteiger partial charge on any atom is -0.493 e. The van der Waals surface area contributed by atoms with Crippen LogP contribution in [0.5, 0.6) is 5.75 Å². The lowest BCUT2D eigenvalue weighted by molar-refractivity contribution is 0.0527. The quantitative estimate of drug-likeness (QED) is 0.713. The molecule has 2 aromatic rings. The van der Waals surface area contributed by atoms with Crippen LogP contribution in [-0.2, 0) is 4.74 Å². The van der Waals surface area contributed by atoms with E-state index < -0.39 is 11.9 Å². The lowest BCUT2D eigenvalue weighted by atomic mass is 10.1. The Morgan fingerprint density at radius 3 is 2.39 bits per heavy atom. The molecule has 0 aliphatic rings. The number of benzene rings is 1. The number of rotatable bonds is 7. The molecule has 1 aromatic heterocycles. The molecule has 0 bridgehead atoms. The summed E-state index contributed by atoms with van der Waals surface area (Å²) in [6.07, 6.45) is 0. The zero-order valence-electron chi connectivity index (χ0n) is 16.6. The van der Waals surface area contributed by atoms with Gasteiger partial charge in [0.25, 0.3) is 11.8 Å².